The summed E-state index contributed by atoms with van der Waals surface area (Å²) in [7, 11) is 1.96. The molecule has 29 heavy (non-hydrogen) atoms. The van der Waals surface area contributed by atoms with E-state index in [0.29, 0.717) is 5.02 Å². The second-order valence-electron chi connectivity index (χ2n) is 6.93. The molecule has 4 heterocycles. The van der Waals surface area contributed by atoms with Gasteiger partial charge in [0, 0.05) is 24.2 Å². The van der Waals surface area contributed by atoms with Gasteiger partial charge in [-0.3, -0.25) is 4.57 Å². The maximum atomic E-state index is 6.11. The van der Waals surface area contributed by atoms with Gasteiger partial charge in [-0.1, -0.05) is 22.9 Å². The highest BCUT2D eigenvalue weighted by molar-refractivity contribution is 6.30. The first-order chi connectivity index (χ1) is 14.2. The zero-order valence-corrected chi connectivity index (χ0v) is 16.5. The third-order valence-electron chi connectivity index (χ3n) is 5.13. The average Bonchev–Trinajstić information content (AvgIpc) is 3.47. The highest BCUT2D eigenvalue weighted by Crippen LogP contribution is 2.35. The van der Waals surface area contributed by atoms with Crippen LogP contribution >= 0.6 is 11.6 Å². The highest BCUT2D eigenvalue weighted by Gasteiger charge is 2.32. The van der Waals surface area contributed by atoms with Gasteiger partial charge in [-0.05, 0) is 37.1 Å². The Morgan fingerprint density at radius 3 is 2.86 bits per heavy atom. The molecule has 0 amide bonds. The Labute approximate surface area is 172 Å². The lowest BCUT2D eigenvalue weighted by atomic mass is 10.1. The number of hydrogen-bond donors (Lipinski definition) is 0. The van der Waals surface area contributed by atoms with Crippen LogP contribution in [0.15, 0.2) is 48.9 Å². The molecule has 1 atom stereocenters. The van der Waals surface area contributed by atoms with E-state index in [4.69, 9.17) is 11.6 Å². The molecule has 1 aromatic carbocycles. The first kappa shape index (κ1) is 17.7. The van der Waals surface area contributed by atoms with Gasteiger partial charge >= 0.3 is 0 Å². The normalized spacial score (nSPS) is 16.5. The Morgan fingerprint density at radius 2 is 2.03 bits per heavy atom. The van der Waals surface area contributed by atoms with Crippen LogP contribution < -0.4 is 4.90 Å². The molecule has 0 bridgehead atoms. The van der Waals surface area contributed by atoms with Gasteiger partial charge in [0.2, 0.25) is 5.95 Å². The molecule has 9 nitrogen and oxygen atoms in total. The van der Waals surface area contributed by atoms with Crippen molar-refractivity contribution in [1.29, 1.82) is 0 Å². The number of rotatable bonds is 4. The molecule has 1 aliphatic heterocycles. The summed E-state index contributed by atoms with van der Waals surface area (Å²) in [5, 5.41) is 26.0. The van der Waals surface area contributed by atoms with Crippen LogP contribution in [-0.2, 0) is 7.05 Å². The summed E-state index contributed by atoms with van der Waals surface area (Å²) in [5.74, 6) is 1.56. The fourth-order valence-corrected chi connectivity index (χ4v) is 3.92. The molecule has 4 aromatic rings. The second kappa shape index (κ2) is 7.25. The molecule has 1 aliphatic rings. The minimum Gasteiger partial charge on any atom is -0.332 e. The van der Waals surface area contributed by atoms with E-state index >= 15 is 0 Å². The second-order valence-corrected chi connectivity index (χ2v) is 7.37. The first-order valence-corrected chi connectivity index (χ1v) is 9.70. The molecule has 0 radical (unpaired) electrons. The quantitative estimate of drug-likeness (QED) is 0.513. The van der Waals surface area contributed by atoms with Gasteiger partial charge in [0.1, 0.15) is 5.69 Å². The maximum Gasteiger partial charge on any atom is 0.227 e. The summed E-state index contributed by atoms with van der Waals surface area (Å²) >= 11 is 6.11. The Morgan fingerprint density at radius 1 is 1.10 bits per heavy atom. The fourth-order valence-electron chi connectivity index (χ4n) is 3.73. The van der Waals surface area contributed by atoms with E-state index < -0.39 is 0 Å². The number of hydrogen-bond acceptors (Lipinski definition) is 7. The van der Waals surface area contributed by atoms with Crippen molar-refractivity contribution in [2.45, 2.75) is 18.9 Å². The molecule has 10 heteroatoms. The average molecular weight is 408 g/mol. The summed E-state index contributed by atoms with van der Waals surface area (Å²) in [6.07, 6.45) is 7.32. The Hall–Kier alpha value is -3.33. The lowest BCUT2D eigenvalue weighted by Gasteiger charge is -2.23. The van der Waals surface area contributed by atoms with Crippen molar-refractivity contribution in [3.63, 3.8) is 0 Å². The molecule has 0 aliphatic carbocycles. The van der Waals surface area contributed by atoms with Crippen molar-refractivity contribution in [3.8, 4) is 17.1 Å². The van der Waals surface area contributed by atoms with Gasteiger partial charge < -0.3 is 4.90 Å². The van der Waals surface area contributed by atoms with E-state index in [2.05, 4.69) is 35.6 Å². The molecular weight excluding hydrogens is 390 g/mol. The van der Waals surface area contributed by atoms with Crippen LogP contribution in [-0.4, -0.2) is 46.5 Å². The monoisotopic (exact) mass is 407 g/mol. The third-order valence-corrected chi connectivity index (χ3v) is 5.36. The number of halogens is 1. The van der Waals surface area contributed by atoms with Crippen LogP contribution in [0, 0.1) is 0 Å². The molecule has 0 unspecified atom stereocenters. The first-order valence-electron chi connectivity index (χ1n) is 9.32. The van der Waals surface area contributed by atoms with Gasteiger partial charge in [-0.15, -0.1) is 15.3 Å². The summed E-state index contributed by atoms with van der Waals surface area (Å²) in [6.45, 7) is 0.884. The van der Waals surface area contributed by atoms with Crippen molar-refractivity contribution in [1.82, 2.24) is 40.0 Å². The third kappa shape index (κ3) is 3.23. The van der Waals surface area contributed by atoms with Gasteiger partial charge in [-0.25, -0.2) is 4.68 Å². The molecule has 3 aromatic heterocycles. The largest absolute Gasteiger partial charge is 0.332 e. The lowest BCUT2D eigenvalue weighted by Crippen LogP contribution is -2.25. The van der Waals surface area contributed by atoms with E-state index in [0.717, 1.165) is 48.1 Å². The fraction of sp³-hybridized carbons (Fsp3) is 0.263. The van der Waals surface area contributed by atoms with Crippen LogP contribution in [0.5, 0.6) is 0 Å². The molecule has 1 fully saturated rings. The minimum absolute atomic E-state index is 0.0919. The van der Waals surface area contributed by atoms with Crippen molar-refractivity contribution in [2.75, 3.05) is 11.4 Å². The summed E-state index contributed by atoms with van der Waals surface area (Å²) < 4.78 is 3.74. The predicted molar refractivity (Wildman–Crippen MR) is 108 cm³/mol. The summed E-state index contributed by atoms with van der Waals surface area (Å²) in [5.41, 5.74) is 2.66. The number of anilines is 1. The van der Waals surface area contributed by atoms with Crippen molar-refractivity contribution in [2.24, 2.45) is 7.05 Å². The minimum atomic E-state index is 0.0919. The molecule has 0 N–H and O–H groups in total. The summed E-state index contributed by atoms with van der Waals surface area (Å²) in [6, 6.07) is 9.52. The smallest absolute Gasteiger partial charge is 0.227 e. The predicted octanol–water partition coefficient (Wildman–Crippen LogP) is 2.85. The van der Waals surface area contributed by atoms with Gasteiger partial charge in [0.05, 0.1) is 30.3 Å². The van der Waals surface area contributed by atoms with Crippen LogP contribution in [0.3, 0.4) is 0 Å². The van der Waals surface area contributed by atoms with E-state index in [-0.39, 0.29) is 6.04 Å². The van der Waals surface area contributed by atoms with Crippen LogP contribution in [0.2, 0.25) is 5.02 Å². The highest BCUT2D eigenvalue weighted by atomic mass is 35.5. The standard InChI is InChI=1S/C19H18ClN9/c1-27-18(13-7-8-21-22-11-13)24-25-19(27)28-9-3-6-17(28)16-12-29(26-23-16)15-5-2-4-14(20)10-15/h2,4-5,7-8,10-12,17H,3,6,9H2,1H3/t17-/m1/s1. The van der Waals surface area contributed by atoms with Crippen LogP contribution in [0.1, 0.15) is 24.6 Å². The van der Waals surface area contributed by atoms with E-state index in [1.165, 1.54) is 0 Å². The van der Waals surface area contributed by atoms with E-state index in [1.54, 1.807) is 17.1 Å². The summed E-state index contributed by atoms with van der Waals surface area (Å²) in [4.78, 5) is 2.23. The molecule has 146 valence electrons. The Kier molecular flexibility index (Phi) is 4.44. The Bertz CT molecular complexity index is 1140. The van der Waals surface area contributed by atoms with E-state index in [1.807, 2.05) is 48.1 Å². The number of benzene rings is 1. The zero-order valence-electron chi connectivity index (χ0n) is 15.7. The number of nitrogens with zero attached hydrogens (tertiary/aromatic N) is 9. The van der Waals surface area contributed by atoms with Crippen molar-refractivity contribution >= 4 is 17.5 Å². The molecule has 0 saturated carbocycles. The van der Waals surface area contributed by atoms with Crippen LogP contribution in [0.4, 0.5) is 5.95 Å². The van der Waals surface area contributed by atoms with Crippen molar-refractivity contribution < 1.29 is 0 Å². The molecule has 1 saturated heterocycles. The SMILES string of the molecule is Cn1c(-c2ccnnc2)nnc1N1CCC[C@@H]1c1cn(-c2cccc(Cl)c2)nn1. The van der Waals surface area contributed by atoms with Gasteiger partial charge in [0.15, 0.2) is 5.82 Å². The van der Waals surface area contributed by atoms with E-state index in [9.17, 15) is 0 Å². The topological polar surface area (TPSA) is 90.4 Å². The Balaban J connectivity index is 1.45. The van der Waals surface area contributed by atoms with Crippen LogP contribution in [0.25, 0.3) is 17.1 Å². The molecular formula is C19H18ClN9. The molecule has 5 rings (SSSR count). The lowest BCUT2D eigenvalue weighted by molar-refractivity contribution is 0.662. The number of aromatic nitrogens is 8. The van der Waals surface area contributed by atoms with Gasteiger partial charge in [-0.2, -0.15) is 10.2 Å². The zero-order chi connectivity index (χ0) is 19.8. The molecule has 0 spiro atoms. The van der Waals surface area contributed by atoms with Crippen molar-refractivity contribution in [3.05, 3.63) is 59.6 Å². The van der Waals surface area contributed by atoms with Gasteiger partial charge in [0.25, 0.3) is 0 Å². The maximum absolute atomic E-state index is 6.11.